The maximum absolute atomic E-state index is 13.0. The Morgan fingerprint density at radius 3 is 2.55 bits per heavy atom. The predicted molar refractivity (Wildman–Crippen MR) is 80.0 cm³/mol. The summed E-state index contributed by atoms with van der Waals surface area (Å²) in [5, 5.41) is 5.69. The Morgan fingerprint density at radius 1 is 1.15 bits per heavy atom. The third kappa shape index (κ3) is 3.48. The molecule has 0 unspecified atom stereocenters. The fourth-order valence-corrected chi connectivity index (χ4v) is 2.28. The number of carbonyl (C=O) groups excluding carboxylic acids is 1. The number of nitrogens with one attached hydrogen (secondary N) is 2. The number of hydrogen-bond donors (Lipinski definition) is 2. The number of carbonyl (C=O) groups is 1. The van der Waals surface area contributed by atoms with E-state index in [4.69, 9.17) is 11.6 Å². The van der Waals surface area contributed by atoms with Gasteiger partial charge in [0.15, 0.2) is 0 Å². The van der Waals surface area contributed by atoms with Crippen LogP contribution >= 0.6 is 11.6 Å². The molecular formula is C15H14ClFN2O. The molecule has 0 spiro atoms. The second-order valence-corrected chi connectivity index (χ2v) is 4.94. The molecule has 0 saturated heterocycles. The van der Waals surface area contributed by atoms with Crippen LogP contribution in [0.25, 0.3) is 0 Å². The molecule has 20 heavy (non-hydrogen) atoms. The van der Waals surface area contributed by atoms with Crippen molar-refractivity contribution in [3.63, 3.8) is 0 Å². The molecule has 0 radical (unpaired) electrons. The zero-order valence-corrected chi connectivity index (χ0v) is 11.9. The van der Waals surface area contributed by atoms with E-state index in [1.54, 1.807) is 12.1 Å². The molecule has 0 aromatic heterocycles. The Bertz CT molecular complexity index is 635. The van der Waals surface area contributed by atoms with E-state index < -0.39 is 11.8 Å². The van der Waals surface area contributed by atoms with Crippen molar-refractivity contribution < 1.29 is 9.18 Å². The molecule has 2 aromatic rings. The van der Waals surface area contributed by atoms with E-state index in [1.807, 2.05) is 19.9 Å². The Morgan fingerprint density at radius 2 is 1.90 bits per heavy atom. The van der Waals surface area contributed by atoms with Gasteiger partial charge in [-0.15, -0.1) is 0 Å². The number of rotatable bonds is 2. The molecule has 0 bridgehead atoms. The monoisotopic (exact) mass is 292 g/mol. The highest BCUT2D eigenvalue weighted by molar-refractivity contribution is 6.34. The third-order valence-electron chi connectivity index (χ3n) is 2.75. The van der Waals surface area contributed by atoms with Gasteiger partial charge >= 0.3 is 6.03 Å². The lowest BCUT2D eigenvalue weighted by Crippen LogP contribution is -2.20. The van der Waals surface area contributed by atoms with Gasteiger partial charge in [-0.2, -0.15) is 0 Å². The second-order valence-electron chi connectivity index (χ2n) is 4.53. The number of halogens is 2. The molecule has 2 rings (SSSR count). The van der Waals surface area contributed by atoms with Crippen molar-refractivity contribution in [2.75, 3.05) is 10.6 Å². The lowest BCUT2D eigenvalue weighted by Gasteiger charge is -2.12. The number of benzene rings is 2. The molecule has 0 aliphatic rings. The smallest absolute Gasteiger partial charge is 0.308 e. The zero-order valence-electron chi connectivity index (χ0n) is 11.1. The van der Waals surface area contributed by atoms with Gasteiger partial charge in [-0.25, -0.2) is 9.18 Å². The van der Waals surface area contributed by atoms with Gasteiger partial charge < -0.3 is 10.6 Å². The highest BCUT2D eigenvalue weighted by Gasteiger charge is 2.09. The molecular weight excluding hydrogens is 279 g/mol. The predicted octanol–water partition coefficient (Wildman–Crippen LogP) is 4.74. The fraction of sp³-hybridized carbons (Fsp3) is 0.133. The summed E-state index contributed by atoms with van der Waals surface area (Å²) in [5.41, 5.74) is 2.81. The number of amides is 2. The minimum atomic E-state index is -0.468. The maximum atomic E-state index is 13.0. The van der Waals surface area contributed by atoms with Crippen molar-refractivity contribution >= 4 is 29.0 Å². The second kappa shape index (κ2) is 5.92. The van der Waals surface area contributed by atoms with Gasteiger partial charge in [-0.05, 0) is 49.2 Å². The van der Waals surface area contributed by atoms with Crippen LogP contribution in [0.3, 0.4) is 0 Å². The van der Waals surface area contributed by atoms with Gasteiger partial charge in [-0.3, -0.25) is 0 Å². The largest absolute Gasteiger partial charge is 0.323 e. The van der Waals surface area contributed by atoms with Crippen molar-refractivity contribution in [1.29, 1.82) is 0 Å². The average molecular weight is 293 g/mol. The van der Waals surface area contributed by atoms with Crippen LogP contribution in [0.5, 0.6) is 0 Å². The molecule has 0 fully saturated rings. The lowest BCUT2D eigenvalue weighted by molar-refractivity contribution is 0.262. The van der Waals surface area contributed by atoms with E-state index in [0.717, 1.165) is 11.1 Å². The maximum Gasteiger partial charge on any atom is 0.323 e. The first kappa shape index (κ1) is 14.3. The molecule has 0 aliphatic carbocycles. The molecule has 5 heteroatoms. The van der Waals surface area contributed by atoms with E-state index >= 15 is 0 Å². The number of hydrogen-bond acceptors (Lipinski definition) is 1. The summed E-state index contributed by atoms with van der Waals surface area (Å²) in [6.45, 7) is 3.78. The Hall–Kier alpha value is -2.07. The minimum absolute atomic E-state index is 0.378. The molecule has 0 atom stereocenters. The van der Waals surface area contributed by atoms with Gasteiger partial charge in [0.1, 0.15) is 5.82 Å². The van der Waals surface area contributed by atoms with Crippen LogP contribution in [0.4, 0.5) is 20.6 Å². The molecule has 2 aromatic carbocycles. The topological polar surface area (TPSA) is 41.1 Å². The first-order chi connectivity index (χ1) is 9.45. The Balaban J connectivity index is 2.13. The Kier molecular flexibility index (Phi) is 4.25. The van der Waals surface area contributed by atoms with Crippen LogP contribution < -0.4 is 10.6 Å². The van der Waals surface area contributed by atoms with Crippen LogP contribution in [0.15, 0.2) is 36.4 Å². The summed E-state index contributed by atoms with van der Waals surface area (Å²) in [6.07, 6.45) is 0. The van der Waals surface area contributed by atoms with Gasteiger partial charge in [0.25, 0.3) is 0 Å². The van der Waals surface area contributed by atoms with Gasteiger partial charge in [0.05, 0.1) is 10.7 Å². The summed E-state index contributed by atoms with van der Waals surface area (Å²) in [6, 6.07) is 8.90. The van der Waals surface area contributed by atoms with Gasteiger partial charge in [0.2, 0.25) is 0 Å². The van der Waals surface area contributed by atoms with Crippen molar-refractivity contribution in [3.05, 3.63) is 58.4 Å². The summed E-state index contributed by atoms with van der Waals surface area (Å²) >= 11 is 6.10. The van der Waals surface area contributed by atoms with Crippen molar-refractivity contribution in [3.8, 4) is 0 Å². The number of anilines is 2. The molecule has 2 N–H and O–H groups in total. The Labute approximate surface area is 121 Å². The third-order valence-corrected chi connectivity index (χ3v) is 3.05. The lowest BCUT2D eigenvalue weighted by atomic mass is 10.1. The van der Waals surface area contributed by atoms with Crippen LogP contribution in [-0.4, -0.2) is 6.03 Å². The standard InChI is InChI=1S/C15H14ClFN2O/c1-9-6-10(2)14(13(16)7-9)19-15(20)18-12-5-3-4-11(17)8-12/h3-8H,1-2H3,(H2,18,19,20). The van der Waals surface area contributed by atoms with Crippen LogP contribution in [0.1, 0.15) is 11.1 Å². The van der Waals surface area contributed by atoms with Crippen LogP contribution in [0, 0.1) is 19.7 Å². The first-order valence-electron chi connectivity index (χ1n) is 6.06. The van der Waals surface area contributed by atoms with Crippen molar-refractivity contribution in [2.45, 2.75) is 13.8 Å². The quantitative estimate of drug-likeness (QED) is 0.824. The number of urea groups is 1. The summed E-state index contributed by atoms with van der Waals surface area (Å²) < 4.78 is 13.0. The molecule has 0 heterocycles. The summed E-state index contributed by atoms with van der Waals surface area (Å²) in [5.74, 6) is -0.410. The van der Waals surface area contributed by atoms with Crippen LogP contribution in [-0.2, 0) is 0 Å². The highest BCUT2D eigenvalue weighted by atomic mass is 35.5. The zero-order chi connectivity index (χ0) is 14.7. The highest BCUT2D eigenvalue weighted by Crippen LogP contribution is 2.27. The fourth-order valence-electron chi connectivity index (χ4n) is 1.92. The molecule has 0 aliphatic heterocycles. The number of aryl methyl sites for hydroxylation is 2. The average Bonchev–Trinajstić information content (AvgIpc) is 2.33. The summed E-state index contributed by atoms with van der Waals surface area (Å²) in [7, 11) is 0. The van der Waals surface area contributed by atoms with Gasteiger partial charge in [0, 0.05) is 5.69 Å². The SMILES string of the molecule is Cc1cc(C)c(NC(=O)Nc2cccc(F)c2)c(Cl)c1. The molecule has 0 saturated carbocycles. The summed E-state index contributed by atoms with van der Waals surface area (Å²) in [4.78, 5) is 11.9. The van der Waals surface area contributed by atoms with E-state index in [9.17, 15) is 9.18 Å². The van der Waals surface area contributed by atoms with E-state index in [2.05, 4.69) is 10.6 Å². The van der Waals surface area contributed by atoms with Crippen molar-refractivity contribution in [1.82, 2.24) is 0 Å². The normalized spacial score (nSPS) is 10.2. The van der Waals surface area contributed by atoms with Crippen molar-refractivity contribution in [2.24, 2.45) is 0 Å². The van der Waals surface area contributed by atoms with Gasteiger partial charge in [-0.1, -0.05) is 23.7 Å². The van der Waals surface area contributed by atoms with Crippen LogP contribution in [0.2, 0.25) is 5.02 Å². The van der Waals surface area contributed by atoms with E-state index in [0.29, 0.717) is 16.4 Å². The molecule has 104 valence electrons. The molecule has 3 nitrogen and oxygen atoms in total. The first-order valence-corrected chi connectivity index (χ1v) is 6.44. The van der Waals surface area contributed by atoms with E-state index in [-0.39, 0.29) is 0 Å². The molecule has 2 amide bonds. The minimum Gasteiger partial charge on any atom is -0.308 e. The van der Waals surface area contributed by atoms with E-state index in [1.165, 1.54) is 18.2 Å².